The molecule has 1 aromatic heterocycles. The lowest BCUT2D eigenvalue weighted by Crippen LogP contribution is -2.29. The van der Waals surface area contributed by atoms with Gasteiger partial charge in [-0.2, -0.15) is 0 Å². The number of benzene rings is 2. The van der Waals surface area contributed by atoms with E-state index in [-0.39, 0.29) is 12.5 Å². The maximum absolute atomic E-state index is 12.3. The molecule has 28 heavy (non-hydrogen) atoms. The molecule has 0 aliphatic rings. The van der Waals surface area contributed by atoms with Gasteiger partial charge in [-0.1, -0.05) is 41.9 Å². The Labute approximate surface area is 173 Å². The van der Waals surface area contributed by atoms with Gasteiger partial charge >= 0.3 is 0 Å². The third-order valence-electron chi connectivity index (χ3n) is 4.12. The number of hydrogen-bond acceptors (Lipinski definition) is 5. The normalized spacial score (nSPS) is 10.9. The fraction of sp³-hybridized carbons (Fsp3) is 0.238. The number of aromatic nitrogens is 1. The summed E-state index contributed by atoms with van der Waals surface area (Å²) in [5.41, 5.74) is 2.13. The molecule has 1 N–H and O–H groups in total. The lowest BCUT2D eigenvalue weighted by molar-refractivity contribution is -0.117. The Morgan fingerprint density at radius 1 is 1.25 bits per heavy atom. The summed E-state index contributed by atoms with van der Waals surface area (Å²) in [6.07, 6.45) is 2.48. The van der Waals surface area contributed by atoms with Gasteiger partial charge in [-0.3, -0.25) is 9.69 Å². The first kappa shape index (κ1) is 20.3. The Morgan fingerprint density at radius 3 is 2.86 bits per heavy atom. The van der Waals surface area contributed by atoms with Gasteiger partial charge < -0.3 is 10.1 Å². The lowest BCUT2D eigenvalue weighted by atomic mass is 10.1. The van der Waals surface area contributed by atoms with Gasteiger partial charge in [-0.05, 0) is 36.4 Å². The molecule has 1 amide bonds. The van der Waals surface area contributed by atoms with Crippen molar-refractivity contribution < 1.29 is 9.53 Å². The Hall–Kier alpha value is -2.41. The molecule has 0 atom stereocenters. The van der Waals surface area contributed by atoms with Crippen LogP contribution in [0.15, 0.2) is 54.7 Å². The summed E-state index contributed by atoms with van der Waals surface area (Å²) in [6.45, 7) is 0.927. The molecule has 7 heteroatoms. The molecular weight excluding hydrogens is 394 g/mol. The maximum atomic E-state index is 12.3. The summed E-state index contributed by atoms with van der Waals surface area (Å²) in [5, 5.41) is 4.21. The van der Waals surface area contributed by atoms with Gasteiger partial charge in [-0.15, -0.1) is 11.3 Å². The predicted molar refractivity (Wildman–Crippen MR) is 114 cm³/mol. The zero-order chi connectivity index (χ0) is 19.9. The summed E-state index contributed by atoms with van der Waals surface area (Å²) in [5.74, 6) is 0.716. The monoisotopic (exact) mass is 415 g/mol. The van der Waals surface area contributed by atoms with E-state index in [1.165, 1.54) is 11.3 Å². The van der Waals surface area contributed by atoms with Crippen molar-refractivity contribution in [3.8, 4) is 5.75 Å². The molecule has 0 saturated carbocycles. The van der Waals surface area contributed by atoms with Crippen LogP contribution in [0.1, 0.15) is 16.0 Å². The fourth-order valence-electron chi connectivity index (χ4n) is 2.82. The van der Waals surface area contributed by atoms with Gasteiger partial charge in [-0.25, -0.2) is 4.98 Å². The summed E-state index contributed by atoms with van der Waals surface area (Å²) in [6, 6.07) is 15.6. The molecule has 0 aliphatic heterocycles. The summed E-state index contributed by atoms with van der Waals surface area (Å²) in [7, 11) is 3.55. The smallest absolute Gasteiger partial charge is 0.240 e. The van der Waals surface area contributed by atoms with Crippen molar-refractivity contribution in [3.05, 3.63) is 75.8 Å². The van der Waals surface area contributed by atoms with Crippen LogP contribution in [-0.4, -0.2) is 36.5 Å². The number of ether oxygens (including phenoxy) is 1. The van der Waals surface area contributed by atoms with Crippen molar-refractivity contribution in [1.82, 2.24) is 9.88 Å². The van der Waals surface area contributed by atoms with Crippen LogP contribution in [0.25, 0.3) is 0 Å². The highest BCUT2D eigenvalue weighted by atomic mass is 35.5. The summed E-state index contributed by atoms with van der Waals surface area (Å²) < 4.78 is 5.24. The Morgan fingerprint density at radius 2 is 2.07 bits per heavy atom. The topological polar surface area (TPSA) is 54.5 Å². The van der Waals surface area contributed by atoms with E-state index in [2.05, 4.69) is 10.3 Å². The molecule has 2 aromatic carbocycles. The van der Waals surface area contributed by atoms with E-state index < -0.39 is 0 Å². The van der Waals surface area contributed by atoms with Crippen LogP contribution in [-0.2, 0) is 17.8 Å². The standard InChI is InChI=1S/C21H22ClN3O2S/c1-25(13-15-6-5-8-17(10-15)27-2)14-20(26)24-21-23-12-18(28-21)11-16-7-3-4-9-19(16)22/h3-10,12H,11,13-14H2,1-2H3,(H,23,24,26). The van der Waals surface area contributed by atoms with E-state index in [9.17, 15) is 4.79 Å². The zero-order valence-electron chi connectivity index (χ0n) is 15.8. The number of carbonyl (C=O) groups excluding carboxylic acids is 1. The highest BCUT2D eigenvalue weighted by Crippen LogP contribution is 2.24. The van der Waals surface area contributed by atoms with Crippen molar-refractivity contribution in [2.45, 2.75) is 13.0 Å². The number of halogens is 1. The van der Waals surface area contributed by atoms with E-state index in [1.807, 2.05) is 60.5 Å². The molecule has 3 rings (SSSR count). The number of rotatable bonds is 8. The highest BCUT2D eigenvalue weighted by molar-refractivity contribution is 7.15. The second-order valence-electron chi connectivity index (χ2n) is 6.47. The number of amides is 1. The average Bonchev–Trinajstić information content (AvgIpc) is 3.10. The van der Waals surface area contributed by atoms with Gasteiger partial charge in [0.2, 0.25) is 5.91 Å². The first-order valence-corrected chi connectivity index (χ1v) is 10.0. The summed E-state index contributed by atoms with van der Waals surface area (Å²) in [4.78, 5) is 19.6. The molecule has 0 bridgehead atoms. The van der Waals surface area contributed by atoms with Crippen molar-refractivity contribution >= 4 is 34.0 Å². The molecule has 0 saturated heterocycles. The molecule has 3 aromatic rings. The van der Waals surface area contributed by atoms with Gasteiger partial charge in [0, 0.05) is 29.1 Å². The van der Waals surface area contributed by atoms with Gasteiger partial charge in [0.1, 0.15) is 5.75 Å². The summed E-state index contributed by atoms with van der Waals surface area (Å²) >= 11 is 7.67. The quantitative estimate of drug-likeness (QED) is 0.589. The predicted octanol–water partition coefficient (Wildman–Crippen LogP) is 4.47. The number of anilines is 1. The van der Waals surface area contributed by atoms with Gasteiger partial charge in [0.25, 0.3) is 0 Å². The molecule has 146 valence electrons. The van der Waals surface area contributed by atoms with E-state index in [0.29, 0.717) is 18.1 Å². The molecule has 0 spiro atoms. The third-order valence-corrected chi connectivity index (χ3v) is 5.40. The van der Waals surface area contributed by atoms with E-state index in [1.54, 1.807) is 13.3 Å². The van der Waals surface area contributed by atoms with E-state index in [0.717, 1.165) is 26.8 Å². The highest BCUT2D eigenvalue weighted by Gasteiger charge is 2.11. The average molecular weight is 416 g/mol. The molecule has 0 fully saturated rings. The number of methoxy groups -OCH3 is 1. The van der Waals surface area contributed by atoms with Crippen LogP contribution in [0, 0.1) is 0 Å². The van der Waals surface area contributed by atoms with Gasteiger partial charge in [0.05, 0.1) is 13.7 Å². The minimum Gasteiger partial charge on any atom is -0.497 e. The van der Waals surface area contributed by atoms with Crippen molar-refractivity contribution in [3.63, 3.8) is 0 Å². The van der Waals surface area contributed by atoms with Gasteiger partial charge in [0.15, 0.2) is 5.13 Å². The van der Waals surface area contributed by atoms with E-state index >= 15 is 0 Å². The van der Waals surface area contributed by atoms with Crippen LogP contribution >= 0.6 is 22.9 Å². The second kappa shape index (κ2) is 9.68. The number of likely N-dealkylation sites (N-methyl/N-ethyl adjacent to an activating group) is 1. The Balaban J connectivity index is 1.52. The third kappa shape index (κ3) is 5.79. The van der Waals surface area contributed by atoms with Crippen LogP contribution < -0.4 is 10.1 Å². The van der Waals surface area contributed by atoms with Crippen LogP contribution in [0.3, 0.4) is 0 Å². The lowest BCUT2D eigenvalue weighted by Gasteiger charge is -2.16. The van der Waals surface area contributed by atoms with Crippen LogP contribution in [0.2, 0.25) is 5.02 Å². The first-order chi connectivity index (χ1) is 13.5. The van der Waals surface area contributed by atoms with Crippen molar-refractivity contribution in [1.29, 1.82) is 0 Å². The molecular formula is C21H22ClN3O2S. The van der Waals surface area contributed by atoms with Crippen molar-refractivity contribution in [2.24, 2.45) is 0 Å². The van der Waals surface area contributed by atoms with Crippen LogP contribution in [0.4, 0.5) is 5.13 Å². The fourth-order valence-corrected chi connectivity index (χ4v) is 3.87. The second-order valence-corrected chi connectivity index (χ2v) is 7.99. The van der Waals surface area contributed by atoms with Crippen molar-refractivity contribution in [2.75, 3.05) is 26.0 Å². The zero-order valence-corrected chi connectivity index (χ0v) is 17.4. The largest absolute Gasteiger partial charge is 0.497 e. The number of carbonyl (C=O) groups is 1. The molecule has 0 aliphatic carbocycles. The molecule has 0 radical (unpaired) electrons. The first-order valence-electron chi connectivity index (χ1n) is 8.83. The minimum atomic E-state index is -0.0935. The minimum absolute atomic E-state index is 0.0935. The Kier molecular flexibility index (Phi) is 7.03. The SMILES string of the molecule is COc1cccc(CN(C)CC(=O)Nc2ncc(Cc3ccccc3Cl)s2)c1. The maximum Gasteiger partial charge on any atom is 0.240 e. The molecule has 0 unspecified atom stereocenters. The Bertz CT molecular complexity index is 945. The van der Waals surface area contributed by atoms with E-state index in [4.69, 9.17) is 16.3 Å². The molecule has 5 nitrogen and oxygen atoms in total. The van der Waals surface area contributed by atoms with Crippen LogP contribution in [0.5, 0.6) is 5.75 Å². The number of nitrogens with zero attached hydrogens (tertiary/aromatic N) is 2. The number of hydrogen-bond donors (Lipinski definition) is 1. The molecule has 1 heterocycles. The number of thiazole rings is 1. The number of nitrogens with one attached hydrogen (secondary N) is 1.